The van der Waals surface area contributed by atoms with Crippen molar-refractivity contribution in [2.24, 2.45) is 0 Å². The number of rotatable bonds is 7. The Morgan fingerprint density at radius 1 is 1.30 bits per heavy atom. The minimum Gasteiger partial charge on any atom is -0.469 e. The molecule has 0 atom stereocenters. The van der Waals surface area contributed by atoms with Crippen LogP contribution >= 0.6 is 0 Å². The van der Waals surface area contributed by atoms with Gasteiger partial charge >= 0.3 is 5.97 Å². The first kappa shape index (κ1) is 16.3. The maximum absolute atomic E-state index is 12.0. The lowest BCUT2D eigenvalue weighted by Gasteiger charge is -2.06. The van der Waals surface area contributed by atoms with Gasteiger partial charge in [-0.25, -0.2) is 13.1 Å². The molecule has 0 aliphatic heterocycles. The van der Waals surface area contributed by atoms with Gasteiger partial charge in [-0.15, -0.1) is 0 Å². The molecule has 0 fully saturated rings. The number of sulfonamides is 1. The fraction of sp³-hybridized carbons (Fsp3) is 0.545. The monoisotopic (exact) mass is 303 g/mol. The number of esters is 1. The Hall–Kier alpha value is -1.74. The summed E-state index contributed by atoms with van der Waals surface area (Å²) in [7, 11) is -2.58. The summed E-state index contributed by atoms with van der Waals surface area (Å²) in [5, 5.41) is 6.35. The van der Waals surface area contributed by atoms with Crippen molar-refractivity contribution in [3.63, 3.8) is 0 Å². The molecule has 0 unspecified atom stereocenters. The summed E-state index contributed by atoms with van der Waals surface area (Å²) in [6, 6.07) is 0. The number of carbonyl (C=O) groups is 2. The zero-order valence-corrected chi connectivity index (χ0v) is 12.3. The molecule has 0 radical (unpaired) electrons. The molecule has 0 saturated heterocycles. The summed E-state index contributed by atoms with van der Waals surface area (Å²) >= 11 is 0. The molecule has 0 spiro atoms. The van der Waals surface area contributed by atoms with Crippen molar-refractivity contribution in [1.29, 1.82) is 0 Å². The highest BCUT2D eigenvalue weighted by molar-refractivity contribution is 7.89. The van der Waals surface area contributed by atoms with Crippen LogP contribution in [0.5, 0.6) is 0 Å². The first-order valence-corrected chi connectivity index (χ1v) is 7.36. The smallest absolute Gasteiger partial charge is 0.305 e. The lowest BCUT2D eigenvalue weighted by molar-refractivity contribution is -0.141. The van der Waals surface area contributed by atoms with E-state index in [0.717, 1.165) is 0 Å². The molecule has 0 aliphatic carbocycles. The van der Waals surface area contributed by atoms with Crippen molar-refractivity contribution < 1.29 is 22.7 Å². The lowest BCUT2D eigenvalue weighted by atomic mass is 10.2. The summed E-state index contributed by atoms with van der Waals surface area (Å²) in [6.45, 7) is 2.76. The van der Waals surface area contributed by atoms with E-state index in [9.17, 15) is 18.0 Å². The molecule has 8 nitrogen and oxygen atoms in total. The third-order valence-corrected chi connectivity index (χ3v) is 4.29. The quantitative estimate of drug-likeness (QED) is 0.675. The van der Waals surface area contributed by atoms with Crippen LogP contribution in [0.15, 0.2) is 4.90 Å². The molecule has 112 valence electrons. The summed E-state index contributed by atoms with van der Waals surface area (Å²) < 4.78 is 30.6. The van der Waals surface area contributed by atoms with E-state index in [0.29, 0.717) is 11.4 Å². The second kappa shape index (κ2) is 6.62. The van der Waals surface area contributed by atoms with Crippen LogP contribution in [0.4, 0.5) is 0 Å². The largest absolute Gasteiger partial charge is 0.469 e. The number of aromatic amines is 1. The van der Waals surface area contributed by atoms with Crippen molar-refractivity contribution in [3.05, 3.63) is 11.4 Å². The molecular formula is C11H17N3O5S. The third kappa shape index (κ3) is 4.14. The predicted molar refractivity (Wildman–Crippen MR) is 69.5 cm³/mol. The second-order valence-electron chi connectivity index (χ2n) is 4.20. The fourth-order valence-electron chi connectivity index (χ4n) is 1.62. The molecule has 1 aromatic rings. The van der Waals surface area contributed by atoms with Crippen molar-refractivity contribution in [2.45, 2.75) is 31.6 Å². The van der Waals surface area contributed by atoms with E-state index in [2.05, 4.69) is 19.7 Å². The average molecular weight is 303 g/mol. The van der Waals surface area contributed by atoms with Crippen LogP contribution < -0.4 is 4.72 Å². The van der Waals surface area contributed by atoms with Gasteiger partial charge in [-0.2, -0.15) is 5.10 Å². The highest BCUT2D eigenvalue weighted by Gasteiger charge is 2.22. The van der Waals surface area contributed by atoms with Crippen LogP contribution in [0.1, 0.15) is 24.2 Å². The molecule has 9 heteroatoms. The predicted octanol–water partition coefficient (Wildman–Crippen LogP) is -0.173. The number of nitrogens with one attached hydrogen (secondary N) is 2. The summed E-state index contributed by atoms with van der Waals surface area (Å²) in [6.07, 6.45) is -0.140. The Bertz CT molecular complexity index is 586. The van der Waals surface area contributed by atoms with Crippen molar-refractivity contribution in [1.82, 2.24) is 14.9 Å². The van der Waals surface area contributed by atoms with Crippen LogP contribution in [0, 0.1) is 13.8 Å². The van der Waals surface area contributed by atoms with Crippen LogP contribution in [-0.2, 0) is 24.3 Å². The van der Waals surface area contributed by atoms with Crippen LogP contribution in [-0.4, -0.2) is 44.0 Å². The van der Waals surface area contributed by atoms with Crippen molar-refractivity contribution in [3.8, 4) is 0 Å². The van der Waals surface area contributed by atoms with E-state index < -0.39 is 21.8 Å². The van der Waals surface area contributed by atoms with Gasteiger partial charge in [0.15, 0.2) is 0 Å². The molecule has 2 N–H and O–H groups in total. The standard InChI is InChI=1S/C11H17N3O5S/c1-7-11(8(2)14-13-7)20(17,18)12-6-9(15)4-5-10(16)19-3/h12H,4-6H2,1-3H3,(H,13,14). The summed E-state index contributed by atoms with van der Waals surface area (Å²) in [5.74, 6) is -0.902. The van der Waals surface area contributed by atoms with Gasteiger partial charge < -0.3 is 4.74 Å². The molecular weight excluding hydrogens is 286 g/mol. The Labute approximate surface area is 116 Å². The number of Topliss-reactive ketones (excluding diaryl/α,β-unsaturated/α-hetero) is 1. The number of ketones is 1. The van der Waals surface area contributed by atoms with E-state index in [1.165, 1.54) is 7.11 Å². The lowest BCUT2D eigenvalue weighted by Crippen LogP contribution is -2.30. The van der Waals surface area contributed by atoms with Crippen molar-refractivity contribution in [2.75, 3.05) is 13.7 Å². The van der Waals surface area contributed by atoms with Gasteiger partial charge in [0.2, 0.25) is 10.0 Å². The number of carbonyl (C=O) groups excluding carboxylic acids is 2. The summed E-state index contributed by atoms with van der Waals surface area (Å²) in [4.78, 5) is 22.4. The fourth-order valence-corrected chi connectivity index (χ4v) is 2.99. The van der Waals surface area contributed by atoms with Crippen LogP contribution in [0.25, 0.3) is 0 Å². The number of aromatic nitrogens is 2. The zero-order chi connectivity index (χ0) is 15.3. The third-order valence-electron chi connectivity index (χ3n) is 2.62. The number of nitrogens with zero attached hydrogens (tertiary/aromatic N) is 1. The number of aryl methyl sites for hydroxylation is 2. The van der Waals surface area contributed by atoms with Gasteiger partial charge in [-0.05, 0) is 13.8 Å². The normalized spacial score (nSPS) is 11.3. The second-order valence-corrected chi connectivity index (χ2v) is 5.91. The maximum atomic E-state index is 12.0. The molecule has 0 amide bonds. The number of methoxy groups -OCH3 is 1. The maximum Gasteiger partial charge on any atom is 0.305 e. The van der Waals surface area contributed by atoms with Gasteiger partial charge in [0, 0.05) is 6.42 Å². The topological polar surface area (TPSA) is 118 Å². The Morgan fingerprint density at radius 2 is 1.95 bits per heavy atom. The van der Waals surface area contributed by atoms with E-state index in [-0.39, 0.29) is 24.3 Å². The van der Waals surface area contributed by atoms with E-state index in [1.54, 1.807) is 13.8 Å². The van der Waals surface area contributed by atoms with Crippen LogP contribution in [0.2, 0.25) is 0 Å². The molecule has 0 saturated carbocycles. The van der Waals surface area contributed by atoms with Gasteiger partial charge in [-0.1, -0.05) is 0 Å². The van der Waals surface area contributed by atoms with Gasteiger partial charge in [-0.3, -0.25) is 14.7 Å². The van der Waals surface area contributed by atoms with E-state index >= 15 is 0 Å². The van der Waals surface area contributed by atoms with Gasteiger partial charge in [0.25, 0.3) is 0 Å². The minimum absolute atomic E-state index is 0.0401. The molecule has 1 heterocycles. The van der Waals surface area contributed by atoms with Gasteiger partial charge in [0.1, 0.15) is 10.7 Å². The zero-order valence-electron chi connectivity index (χ0n) is 11.5. The molecule has 0 aliphatic rings. The highest BCUT2D eigenvalue weighted by atomic mass is 32.2. The first-order valence-electron chi connectivity index (χ1n) is 5.87. The van der Waals surface area contributed by atoms with Gasteiger partial charge in [0.05, 0.1) is 31.5 Å². The molecule has 0 aromatic carbocycles. The van der Waals surface area contributed by atoms with Crippen molar-refractivity contribution >= 4 is 21.8 Å². The molecule has 1 aromatic heterocycles. The number of ether oxygens (including phenoxy) is 1. The number of H-pyrrole nitrogens is 1. The Morgan fingerprint density at radius 3 is 2.45 bits per heavy atom. The Kier molecular flexibility index (Phi) is 5.40. The number of hydrogen-bond acceptors (Lipinski definition) is 6. The summed E-state index contributed by atoms with van der Waals surface area (Å²) in [5.41, 5.74) is 0.731. The minimum atomic E-state index is -3.80. The van der Waals surface area contributed by atoms with Crippen LogP contribution in [0.3, 0.4) is 0 Å². The van der Waals surface area contributed by atoms with E-state index in [4.69, 9.17) is 0 Å². The SMILES string of the molecule is COC(=O)CCC(=O)CNS(=O)(=O)c1c(C)n[nH]c1C. The number of hydrogen-bond donors (Lipinski definition) is 2. The molecule has 1 rings (SSSR count). The highest BCUT2D eigenvalue weighted by Crippen LogP contribution is 2.15. The first-order chi connectivity index (χ1) is 9.27. The Balaban J connectivity index is 2.61. The molecule has 20 heavy (non-hydrogen) atoms. The average Bonchev–Trinajstić information content (AvgIpc) is 2.73. The van der Waals surface area contributed by atoms with E-state index in [1.807, 2.05) is 0 Å². The molecule has 0 bridgehead atoms.